The van der Waals surface area contributed by atoms with Gasteiger partial charge in [0.25, 0.3) is 0 Å². The highest BCUT2D eigenvalue weighted by Gasteiger charge is 2.24. The van der Waals surface area contributed by atoms with Crippen LogP contribution in [-0.4, -0.2) is 38.5 Å². The zero-order chi connectivity index (χ0) is 21.0. The first-order valence-electron chi connectivity index (χ1n) is 11.1. The number of amides is 1. The Kier molecular flexibility index (Phi) is 8.76. The summed E-state index contributed by atoms with van der Waals surface area (Å²) in [5, 5.41) is 9.87. The number of rotatable bonds is 10. The highest BCUT2D eigenvalue weighted by atomic mass is 16.1. The highest BCUT2D eigenvalue weighted by molar-refractivity contribution is 5.80. The number of carbonyl (C=O) groups is 1. The fourth-order valence-corrected chi connectivity index (χ4v) is 3.69. The number of hydrogen-bond donors (Lipinski definition) is 3. The second kappa shape index (κ2) is 12.0. The molecule has 160 valence electrons. The maximum absolute atomic E-state index is 11.9. The lowest BCUT2D eigenvalue weighted by atomic mass is 9.85. The van der Waals surface area contributed by atoms with Crippen LogP contribution < -0.4 is 16.0 Å². The Bertz CT molecular complexity index is 787. The Morgan fingerprint density at radius 2 is 1.63 bits per heavy atom. The summed E-state index contributed by atoms with van der Waals surface area (Å²) in [6, 6.07) is 21.2. The van der Waals surface area contributed by atoms with Crippen LogP contribution in [0.4, 0.5) is 0 Å². The van der Waals surface area contributed by atoms with Gasteiger partial charge in [-0.05, 0) is 36.8 Å². The lowest BCUT2D eigenvalue weighted by Crippen LogP contribution is -2.41. The van der Waals surface area contributed by atoms with Gasteiger partial charge in [-0.2, -0.15) is 0 Å². The topological polar surface area (TPSA) is 65.5 Å². The van der Waals surface area contributed by atoms with Crippen molar-refractivity contribution < 1.29 is 4.79 Å². The normalized spacial score (nSPS) is 15.2. The first kappa shape index (κ1) is 21.9. The quantitative estimate of drug-likeness (QED) is 0.321. The largest absolute Gasteiger partial charge is 0.356 e. The number of hydrogen-bond acceptors (Lipinski definition) is 2. The van der Waals surface area contributed by atoms with Gasteiger partial charge in [-0.15, -0.1) is 0 Å². The summed E-state index contributed by atoms with van der Waals surface area (Å²) in [5.41, 5.74) is 2.65. The lowest BCUT2D eigenvalue weighted by Gasteiger charge is -2.24. The molecule has 1 unspecified atom stereocenters. The maximum Gasteiger partial charge on any atom is 0.223 e. The van der Waals surface area contributed by atoms with Crippen LogP contribution in [-0.2, 0) is 11.2 Å². The fourth-order valence-electron chi connectivity index (χ4n) is 3.69. The van der Waals surface area contributed by atoms with Crippen molar-refractivity contribution in [2.45, 2.75) is 38.0 Å². The predicted octanol–water partition coefficient (Wildman–Crippen LogP) is 3.48. The minimum absolute atomic E-state index is 0.218. The number of benzene rings is 2. The monoisotopic (exact) mass is 406 g/mol. The van der Waals surface area contributed by atoms with Gasteiger partial charge in [0.05, 0.1) is 0 Å². The highest BCUT2D eigenvalue weighted by Crippen LogP contribution is 2.26. The van der Waals surface area contributed by atoms with Gasteiger partial charge in [0.1, 0.15) is 0 Å². The molecular weight excluding hydrogens is 372 g/mol. The summed E-state index contributed by atoms with van der Waals surface area (Å²) in [4.78, 5) is 16.2. The first-order valence-corrected chi connectivity index (χ1v) is 11.1. The molecule has 0 aliphatic heterocycles. The van der Waals surface area contributed by atoms with Crippen molar-refractivity contribution in [1.82, 2.24) is 16.0 Å². The van der Waals surface area contributed by atoms with E-state index < -0.39 is 0 Å². The van der Waals surface area contributed by atoms with Crippen LogP contribution in [0.25, 0.3) is 0 Å². The van der Waals surface area contributed by atoms with Crippen LogP contribution >= 0.6 is 0 Å². The van der Waals surface area contributed by atoms with E-state index in [2.05, 4.69) is 81.6 Å². The van der Waals surface area contributed by atoms with Gasteiger partial charge in [0.15, 0.2) is 5.96 Å². The van der Waals surface area contributed by atoms with Crippen molar-refractivity contribution in [2.75, 3.05) is 26.7 Å². The molecule has 2 aromatic rings. The van der Waals surface area contributed by atoms with E-state index in [-0.39, 0.29) is 11.8 Å². The Balaban J connectivity index is 1.44. The van der Waals surface area contributed by atoms with Gasteiger partial charge in [0, 0.05) is 38.5 Å². The summed E-state index contributed by atoms with van der Waals surface area (Å²) in [6.07, 6.45) is 5.14. The van der Waals surface area contributed by atoms with Gasteiger partial charge in [-0.1, -0.05) is 67.1 Å². The van der Waals surface area contributed by atoms with Gasteiger partial charge in [-0.25, -0.2) is 0 Å². The molecule has 1 aliphatic carbocycles. The average molecular weight is 407 g/mol. The molecule has 3 rings (SSSR count). The van der Waals surface area contributed by atoms with E-state index in [1.165, 1.54) is 17.5 Å². The molecule has 0 heterocycles. The molecule has 1 saturated carbocycles. The molecule has 30 heavy (non-hydrogen) atoms. The Labute approximate surface area is 180 Å². The average Bonchev–Trinajstić information content (AvgIpc) is 2.74. The van der Waals surface area contributed by atoms with Crippen LogP contribution in [0.2, 0.25) is 0 Å². The van der Waals surface area contributed by atoms with Crippen LogP contribution in [0.15, 0.2) is 65.7 Å². The first-order chi connectivity index (χ1) is 14.8. The zero-order valence-electron chi connectivity index (χ0n) is 17.9. The van der Waals surface area contributed by atoms with Gasteiger partial charge in [0.2, 0.25) is 5.91 Å². The minimum Gasteiger partial charge on any atom is -0.356 e. The van der Waals surface area contributed by atoms with Crippen LogP contribution in [0, 0.1) is 5.92 Å². The SMILES string of the molecule is CN=C(NCCCNC(=O)C1CCC1)NCC(Cc1ccccc1)c1ccccc1. The molecule has 3 N–H and O–H groups in total. The van der Waals surface area contributed by atoms with Crippen LogP contribution in [0.3, 0.4) is 0 Å². The molecule has 1 aliphatic rings. The summed E-state index contributed by atoms with van der Waals surface area (Å²) >= 11 is 0. The zero-order valence-corrected chi connectivity index (χ0v) is 17.9. The molecule has 0 bridgehead atoms. The molecule has 5 nitrogen and oxygen atoms in total. The van der Waals surface area contributed by atoms with E-state index in [0.29, 0.717) is 12.5 Å². The number of aliphatic imine (C=N–C) groups is 1. The third kappa shape index (κ3) is 6.90. The number of nitrogens with zero attached hydrogens (tertiary/aromatic N) is 1. The molecule has 1 amide bonds. The molecule has 1 fully saturated rings. The second-order valence-electron chi connectivity index (χ2n) is 7.95. The predicted molar refractivity (Wildman–Crippen MR) is 124 cm³/mol. The summed E-state index contributed by atoms with van der Waals surface area (Å²) in [5.74, 6) is 1.63. The maximum atomic E-state index is 11.9. The van der Waals surface area contributed by atoms with Crippen LogP contribution in [0.5, 0.6) is 0 Å². The van der Waals surface area contributed by atoms with E-state index in [1.807, 2.05) is 0 Å². The summed E-state index contributed by atoms with van der Waals surface area (Å²) < 4.78 is 0. The minimum atomic E-state index is 0.218. The molecular formula is C25H34N4O. The van der Waals surface area contributed by atoms with Crippen molar-refractivity contribution in [1.29, 1.82) is 0 Å². The summed E-state index contributed by atoms with van der Waals surface area (Å²) in [7, 11) is 1.79. The van der Waals surface area contributed by atoms with Gasteiger partial charge in [-0.3, -0.25) is 9.79 Å². The van der Waals surface area contributed by atoms with Crippen molar-refractivity contribution in [3.63, 3.8) is 0 Å². The van der Waals surface area contributed by atoms with Crippen LogP contribution in [0.1, 0.15) is 42.7 Å². The van der Waals surface area contributed by atoms with E-state index in [9.17, 15) is 4.79 Å². The number of guanidine groups is 1. The van der Waals surface area contributed by atoms with Crippen molar-refractivity contribution in [3.05, 3.63) is 71.8 Å². The molecule has 0 aromatic heterocycles. The lowest BCUT2D eigenvalue weighted by molar-refractivity contribution is -0.127. The molecule has 2 aromatic carbocycles. The number of carbonyl (C=O) groups excluding carboxylic acids is 1. The standard InChI is InChI=1S/C25H34N4O/c1-26-25(28-17-9-16-27-24(30)22-14-8-15-22)29-19-23(21-12-6-3-7-13-21)18-20-10-4-2-5-11-20/h2-7,10-13,22-23H,8-9,14-19H2,1H3,(H,27,30)(H2,26,28,29). The molecule has 5 heteroatoms. The summed E-state index contributed by atoms with van der Waals surface area (Å²) in [6.45, 7) is 2.29. The third-order valence-electron chi connectivity index (χ3n) is 5.76. The van der Waals surface area contributed by atoms with E-state index in [0.717, 1.165) is 44.7 Å². The fraction of sp³-hybridized carbons (Fsp3) is 0.440. The third-order valence-corrected chi connectivity index (χ3v) is 5.76. The molecule has 1 atom stereocenters. The molecule has 0 saturated heterocycles. The van der Waals surface area contributed by atoms with E-state index in [4.69, 9.17) is 0 Å². The van der Waals surface area contributed by atoms with E-state index in [1.54, 1.807) is 7.05 Å². The van der Waals surface area contributed by atoms with Gasteiger partial charge >= 0.3 is 0 Å². The van der Waals surface area contributed by atoms with Crippen molar-refractivity contribution in [2.24, 2.45) is 10.9 Å². The number of nitrogens with one attached hydrogen (secondary N) is 3. The Morgan fingerprint density at radius 3 is 2.27 bits per heavy atom. The van der Waals surface area contributed by atoms with Crippen molar-refractivity contribution in [3.8, 4) is 0 Å². The van der Waals surface area contributed by atoms with E-state index >= 15 is 0 Å². The van der Waals surface area contributed by atoms with Crippen molar-refractivity contribution >= 4 is 11.9 Å². The molecule has 0 spiro atoms. The Morgan fingerprint density at radius 1 is 0.967 bits per heavy atom. The molecule has 0 radical (unpaired) electrons. The van der Waals surface area contributed by atoms with Gasteiger partial charge < -0.3 is 16.0 Å². The Hall–Kier alpha value is -2.82. The second-order valence-corrected chi connectivity index (χ2v) is 7.95. The smallest absolute Gasteiger partial charge is 0.223 e.